The molecule has 2 saturated heterocycles. The van der Waals surface area contributed by atoms with E-state index in [4.69, 9.17) is 42.6 Å². The summed E-state index contributed by atoms with van der Waals surface area (Å²) in [4.78, 5) is 13.2. The number of hydrogen-bond acceptors (Lipinski definition) is 11. The molecule has 2 aliphatic heterocycles. The Kier molecular flexibility index (Phi) is 18.4. The van der Waals surface area contributed by atoms with Crippen LogP contribution in [0.4, 0.5) is 0 Å². The minimum absolute atomic E-state index is 0.115. The quantitative estimate of drug-likeness (QED) is 0.0647. The number of rotatable bonds is 23. The summed E-state index contributed by atoms with van der Waals surface area (Å²) in [5.41, 5.74) is 5.67. The lowest BCUT2D eigenvalue weighted by molar-refractivity contribution is -0.333. The van der Waals surface area contributed by atoms with E-state index in [1.165, 1.54) is 6.92 Å². The summed E-state index contributed by atoms with van der Waals surface area (Å²) in [7, 11) is 0. The van der Waals surface area contributed by atoms with Crippen LogP contribution >= 0.6 is 0 Å². The summed E-state index contributed by atoms with van der Waals surface area (Å²) in [5.74, 6) is -0.317. The largest absolute Gasteiger partial charge is 0.374 e. The summed E-state index contributed by atoms with van der Waals surface area (Å²) in [6.07, 6.45) is -8.26. The number of hydrogen-bond donors (Lipinski definition) is 2. The van der Waals surface area contributed by atoms with Crippen LogP contribution in [0.15, 0.2) is 182 Å². The van der Waals surface area contributed by atoms with Crippen LogP contribution in [-0.2, 0) is 87.1 Å². The zero-order valence-corrected chi connectivity index (χ0v) is 38.3. The van der Waals surface area contributed by atoms with Crippen molar-refractivity contribution in [2.75, 3.05) is 13.2 Å². The Bertz CT molecular complexity index is 2330. The molecule has 2 N–H and O–H groups in total. The zero-order chi connectivity index (χ0) is 46.8. The van der Waals surface area contributed by atoms with Gasteiger partial charge in [-0.05, 0) is 33.4 Å². The third kappa shape index (κ3) is 14.2. The summed E-state index contributed by atoms with van der Waals surface area (Å²) < 4.78 is 59.9. The number of aliphatic hydroxyl groups is 1. The fourth-order valence-electron chi connectivity index (χ4n) is 8.46. The molecule has 2 fully saturated rings. The first kappa shape index (κ1) is 48.8. The highest BCUT2D eigenvalue weighted by molar-refractivity contribution is 5.73. The Morgan fingerprint density at radius 2 is 0.765 bits per heavy atom. The van der Waals surface area contributed by atoms with Crippen LogP contribution in [0.1, 0.15) is 40.3 Å². The number of carbonyl (C=O) groups excluding carboxylic acids is 1. The Morgan fingerprint density at radius 3 is 1.18 bits per heavy atom. The van der Waals surface area contributed by atoms with Crippen LogP contribution < -0.4 is 5.32 Å². The van der Waals surface area contributed by atoms with E-state index >= 15 is 0 Å². The first-order valence-corrected chi connectivity index (χ1v) is 23.2. The molecule has 2 aliphatic rings. The van der Waals surface area contributed by atoms with E-state index < -0.39 is 61.3 Å². The van der Waals surface area contributed by atoms with E-state index in [0.29, 0.717) is 6.61 Å². The van der Waals surface area contributed by atoms with Gasteiger partial charge in [0.2, 0.25) is 5.91 Å². The van der Waals surface area contributed by atoms with Crippen molar-refractivity contribution in [2.24, 2.45) is 0 Å². The maximum atomic E-state index is 13.2. The highest BCUT2D eigenvalue weighted by atomic mass is 16.7. The minimum atomic E-state index is -1.43. The molecule has 68 heavy (non-hydrogen) atoms. The minimum Gasteiger partial charge on any atom is -0.374 e. The average Bonchev–Trinajstić information content (AvgIpc) is 3.38. The van der Waals surface area contributed by atoms with Gasteiger partial charge in [-0.15, -0.1) is 0 Å². The summed E-state index contributed by atoms with van der Waals surface area (Å²) >= 11 is 0. The molecule has 0 bridgehead atoms. The number of ether oxygens (including phenoxy) is 9. The van der Waals surface area contributed by atoms with Crippen LogP contribution in [-0.4, -0.2) is 85.6 Å². The maximum absolute atomic E-state index is 13.2. The first-order chi connectivity index (χ1) is 33.5. The molecule has 2 heterocycles. The van der Waals surface area contributed by atoms with Gasteiger partial charge in [-0.25, -0.2) is 0 Å². The fraction of sp³-hybridized carbons (Fsp3) is 0.339. The third-order valence-corrected chi connectivity index (χ3v) is 11.9. The smallest absolute Gasteiger partial charge is 0.217 e. The van der Waals surface area contributed by atoms with Gasteiger partial charge in [0.25, 0.3) is 0 Å². The van der Waals surface area contributed by atoms with Crippen molar-refractivity contribution in [1.29, 1.82) is 0 Å². The molecule has 10 atom stereocenters. The van der Waals surface area contributed by atoms with Gasteiger partial charge in [-0.2, -0.15) is 0 Å². The predicted molar refractivity (Wildman–Crippen MR) is 254 cm³/mol. The fourth-order valence-corrected chi connectivity index (χ4v) is 8.46. The topological polar surface area (TPSA) is 132 Å². The molecule has 0 spiro atoms. The Labute approximate surface area is 399 Å². The molecule has 12 heteroatoms. The molecule has 1 amide bonds. The van der Waals surface area contributed by atoms with E-state index in [9.17, 15) is 9.90 Å². The van der Waals surface area contributed by atoms with E-state index in [1.54, 1.807) is 0 Å². The van der Waals surface area contributed by atoms with Crippen molar-refractivity contribution in [3.8, 4) is 0 Å². The van der Waals surface area contributed by atoms with Crippen LogP contribution in [0.3, 0.4) is 0 Å². The molecular formula is C56H61NO11. The van der Waals surface area contributed by atoms with E-state index in [-0.39, 0.29) is 52.2 Å². The van der Waals surface area contributed by atoms with Crippen molar-refractivity contribution in [1.82, 2.24) is 5.32 Å². The van der Waals surface area contributed by atoms with Crippen LogP contribution in [0.2, 0.25) is 0 Å². The van der Waals surface area contributed by atoms with E-state index in [2.05, 4.69) is 5.32 Å². The highest BCUT2D eigenvalue weighted by Gasteiger charge is 2.51. The maximum Gasteiger partial charge on any atom is 0.217 e. The first-order valence-electron chi connectivity index (χ1n) is 23.2. The molecule has 0 radical (unpaired) electrons. The van der Waals surface area contributed by atoms with Crippen molar-refractivity contribution >= 4 is 5.91 Å². The monoisotopic (exact) mass is 923 g/mol. The van der Waals surface area contributed by atoms with Crippen molar-refractivity contribution in [3.05, 3.63) is 215 Å². The second kappa shape index (κ2) is 25.7. The summed E-state index contributed by atoms with van der Waals surface area (Å²) in [5, 5.41) is 14.9. The standard InChI is InChI=1S/C56H61NO11/c1-40(58)57-49-52(63-35-44-26-14-5-15-27-44)50(61-33-42-22-10-3-11-23-42)47(38-60-32-41-20-8-2-9-21-41)68-56(49)66-39-48-51(62-34-43-24-12-4-13-25-43)53(64-36-45-28-16-6-17-29-45)54(55(59)67-48)65-37-46-30-18-7-19-31-46/h2-31,47-56,59H,32-39H2,1H3,(H,57,58)/t47-,48-,49-,50+,51-,52-,53+,54-,55+,56-/m1/s1. The predicted octanol–water partition coefficient (Wildman–Crippen LogP) is 8.09. The molecule has 8 rings (SSSR count). The second-order valence-electron chi connectivity index (χ2n) is 17.0. The lowest BCUT2D eigenvalue weighted by Crippen LogP contribution is -2.66. The van der Waals surface area contributed by atoms with Gasteiger partial charge >= 0.3 is 0 Å². The van der Waals surface area contributed by atoms with E-state index in [1.807, 2.05) is 182 Å². The average molecular weight is 924 g/mol. The van der Waals surface area contributed by atoms with Gasteiger partial charge in [-0.1, -0.05) is 182 Å². The van der Waals surface area contributed by atoms with Gasteiger partial charge < -0.3 is 53.1 Å². The SMILES string of the molecule is CC(=O)N[C@H]1[C@H](OC[C@H]2O[C@H](O)[C@H](OCc3ccccc3)[C@@H](OCc3ccccc3)[C@@H]2OCc2ccccc2)O[C@H](COCc2ccccc2)[C@H](OCc2ccccc2)[C@@H]1OCc1ccccc1. The van der Waals surface area contributed by atoms with Gasteiger partial charge in [-0.3, -0.25) is 4.79 Å². The normalized spacial score (nSPS) is 24.9. The molecule has 12 nitrogen and oxygen atoms in total. The molecule has 6 aromatic rings. The number of carbonyl (C=O) groups is 1. The van der Waals surface area contributed by atoms with Gasteiger partial charge in [0.1, 0.15) is 48.8 Å². The Morgan fingerprint density at radius 1 is 0.426 bits per heavy atom. The van der Waals surface area contributed by atoms with Crippen molar-refractivity contribution in [3.63, 3.8) is 0 Å². The lowest BCUT2D eigenvalue weighted by atomic mass is 9.95. The second-order valence-corrected chi connectivity index (χ2v) is 17.0. The Hall–Kier alpha value is -5.61. The third-order valence-electron chi connectivity index (χ3n) is 11.9. The number of amides is 1. The van der Waals surface area contributed by atoms with E-state index in [0.717, 1.165) is 33.4 Å². The summed E-state index contributed by atoms with van der Waals surface area (Å²) in [6, 6.07) is 58.0. The van der Waals surface area contributed by atoms with Gasteiger partial charge in [0.15, 0.2) is 12.6 Å². The molecule has 6 aromatic carbocycles. The van der Waals surface area contributed by atoms with Crippen molar-refractivity contribution in [2.45, 2.75) is 108 Å². The van der Waals surface area contributed by atoms with Crippen LogP contribution in [0.25, 0.3) is 0 Å². The number of benzene rings is 6. The van der Waals surface area contributed by atoms with Gasteiger partial charge in [0, 0.05) is 6.92 Å². The molecule has 0 saturated carbocycles. The van der Waals surface area contributed by atoms with Gasteiger partial charge in [0.05, 0.1) is 52.9 Å². The molecule has 0 aliphatic carbocycles. The van der Waals surface area contributed by atoms with Crippen LogP contribution in [0.5, 0.6) is 0 Å². The number of nitrogens with one attached hydrogen (secondary N) is 1. The molecule has 0 unspecified atom stereocenters. The molecular weight excluding hydrogens is 863 g/mol. The number of aliphatic hydroxyl groups excluding tert-OH is 1. The van der Waals surface area contributed by atoms with Crippen LogP contribution in [0, 0.1) is 0 Å². The zero-order valence-electron chi connectivity index (χ0n) is 38.3. The highest BCUT2D eigenvalue weighted by Crippen LogP contribution is 2.33. The molecule has 356 valence electrons. The molecule has 0 aromatic heterocycles. The lowest BCUT2D eigenvalue weighted by Gasteiger charge is -2.47. The summed E-state index contributed by atoms with van der Waals surface area (Å²) in [6.45, 7) is 2.83. The Balaban J connectivity index is 1.09. The van der Waals surface area contributed by atoms with Crippen molar-refractivity contribution < 1.29 is 52.5 Å².